The van der Waals surface area contributed by atoms with Gasteiger partial charge < -0.3 is 5.32 Å². The Balaban J connectivity index is 3.28. The van der Waals surface area contributed by atoms with Crippen molar-refractivity contribution in [3.63, 3.8) is 0 Å². The maximum atomic E-state index is 13.9. The predicted octanol–water partition coefficient (Wildman–Crippen LogP) is 4.53. The smallest absolute Gasteiger partial charge is 0.321 e. The number of alkyl halides is 11. The molecular formula is C13H5F11N2O2. The van der Waals surface area contributed by atoms with Crippen LogP contribution in [0.2, 0.25) is 0 Å². The van der Waals surface area contributed by atoms with Crippen molar-refractivity contribution in [2.24, 2.45) is 0 Å². The minimum atomic E-state index is -7.27. The molecule has 1 aromatic rings. The first-order valence-electron chi connectivity index (χ1n) is 6.49. The minimum absolute atomic E-state index is 0.104. The fourth-order valence-corrected chi connectivity index (χ4v) is 1.48. The van der Waals surface area contributed by atoms with Crippen LogP contribution in [0, 0.1) is 11.3 Å². The fourth-order valence-electron chi connectivity index (χ4n) is 1.48. The number of nitrogens with one attached hydrogen (secondary N) is 1. The summed E-state index contributed by atoms with van der Waals surface area (Å²) < 4.78 is 142. The Morgan fingerprint density at radius 1 is 0.857 bits per heavy atom. The monoisotopic (exact) mass is 430 g/mol. The Kier molecular flexibility index (Phi) is 5.92. The van der Waals surface area contributed by atoms with E-state index in [1.54, 1.807) is 6.07 Å². The van der Waals surface area contributed by atoms with Crippen molar-refractivity contribution >= 4 is 11.6 Å². The van der Waals surface area contributed by atoms with Gasteiger partial charge in [-0.2, -0.15) is 53.6 Å². The molecule has 4 nitrogen and oxygen atoms in total. The van der Waals surface area contributed by atoms with Crippen LogP contribution in [0.25, 0.3) is 0 Å². The molecule has 1 unspecified atom stereocenters. The average molecular weight is 430 g/mol. The second kappa shape index (κ2) is 7.08. The Bertz CT molecular complexity index is 765. The van der Waals surface area contributed by atoms with Crippen LogP contribution in [-0.2, 0) is 9.53 Å². The van der Waals surface area contributed by atoms with Crippen molar-refractivity contribution < 1.29 is 57.8 Å². The molecule has 0 saturated carbocycles. The summed E-state index contributed by atoms with van der Waals surface area (Å²) in [5.74, 6) is -16.7. The highest BCUT2D eigenvalue weighted by Crippen LogP contribution is 2.51. The van der Waals surface area contributed by atoms with Crippen LogP contribution in [0.15, 0.2) is 24.3 Å². The Labute approximate surface area is 147 Å². The lowest BCUT2D eigenvalue weighted by Crippen LogP contribution is -2.62. The van der Waals surface area contributed by atoms with Gasteiger partial charge in [-0.1, -0.05) is 0 Å². The van der Waals surface area contributed by atoms with Crippen LogP contribution < -0.4 is 5.32 Å². The summed E-state index contributed by atoms with van der Waals surface area (Å²) in [6.07, 6.45) is -21.0. The quantitative estimate of drug-likeness (QED) is 0.699. The highest BCUT2D eigenvalue weighted by atomic mass is 19.4. The summed E-state index contributed by atoms with van der Waals surface area (Å²) >= 11 is 0. The molecule has 0 fully saturated rings. The number of anilines is 1. The second-order valence-corrected chi connectivity index (χ2v) is 4.93. The summed E-state index contributed by atoms with van der Waals surface area (Å²) in [7, 11) is 0. The Morgan fingerprint density at radius 3 is 1.68 bits per heavy atom. The summed E-state index contributed by atoms with van der Waals surface area (Å²) in [4.78, 5) is 11.4. The molecular weight excluding hydrogens is 425 g/mol. The standard InChI is InChI=1S/C13H5F11N2O2/c14-9(11(17,18)19,28-13(23,24)10(15,16)12(20,21)22)8(27)26-7-3-1-6(5-25)2-4-7/h1-4H,(H,26,27). The highest BCUT2D eigenvalue weighted by Gasteiger charge is 2.79. The molecule has 0 aliphatic rings. The lowest BCUT2D eigenvalue weighted by Gasteiger charge is -2.34. The van der Waals surface area contributed by atoms with E-state index in [0.29, 0.717) is 12.1 Å². The molecule has 1 atom stereocenters. The molecule has 0 aromatic heterocycles. The molecule has 156 valence electrons. The molecule has 28 heavy (non-hydrogen) atoms. The SMILES string of the molecule is N#Cc1ccc(NC(=O)C(F)(OC(F)(F)C(F)(F)C(F)(F)F)C(F)(F)F)cc1. The number of carbonyl (C=O) groups is 1. The van der Waals surface area contributed by atoms with Gasteiger partial charge >= 0.3 is 30.2 Å². The topological polar surface area (TPSA) is 62.1 Å². The molecule has 0 saturated heterocycles. The van der Waals surface area contributed by atoms with Crippen LogP contribution in [-0.4, -0.2) is 36.1 Å². The third-order valence-corrected chi connectivity index (χ3v) is 2.92. The van der Waals surface area contributed by atoms with E-state index in [4.69, 9.17) is 5.26 Å². The van der Waals surface area contributed by atoms with Gasteiger partial charge in [0.15, 0.2) is 0 Å². The number of benzene rings is 1. The number of hydrogen-bond acceptors (Lipinski definition) is 3. The van der Waals surface area contributed by atoms with Crippen molar-refractivity contribution in [3.05, 3.63) is 29.8 Å². The first kappa shape index (κ1) is 23.4. The van der Waals surface area contributed by atoms with E-state index in [0.717, 1.165) is 17.4 Å². The molecule has 0 heterocycles. The summed E-state index contributed by atoms with van der Waals surface area (Å²) in [5.41, 5.74) is -0.849. The highest BCUT2D eigenvalue weighted by molar-refractivity contribution is 5.96. The van der Waals surface area contributed by atoms with E-state index in [-0.39, 0.29) is 5.56 Å². The van der Waals surface area contributed by atoms with Crippen LogP contribution in [0.4, 0.5) is 54.0 Å². The molecule has 0 aliphatic heterocycles. The first-order chi connectivity index (χ1) is 12.4. The van der Waals surface area contributed by atoms with Gasteiger partial charge in [-0.15, -0.1) is 0 Å². The molecule has 1 aromatic carbocycles. The van der Waals surface area contributed by atoms with Crippen LogP contribution in [0.5, 0.6) is 0 Å². The van der Waals surface area contributed by atoms with Crippen molar-refractivity contribution in [1.82, 2.24) is 0 Å². The van der Waals surface area contributed by atoms with Gasteiger partial charge in [0.25, 0.3) is 5.91 Å². The number of rotatable bonds is 5. The van der Waals surface area contributed by atoms with Crippen LogP contribution >= 0.6 is 0 Å². The number of hydrogen-bond donors (Lipinski definition) is 1. The zero-order chi connectivity index (χ0) is 22.2. The van der Waals surface area contributed by atoms with Gasteiger partial charge in [-0.05, 0) is 24.3 Å². The van der Waals surface area contributed by atoms with E-state index < -0.39 is 41.8 Å². The van der Waals surface area contributed by atoms with Crippen molar-refractivity contribution in [1.29, 1.82) is 5.26 Å². The molecule has 0 spiro atoms. The summed E-state index contributed by atoms with van der Waals surface area (Å²) in [5, 5.41) is 9.53. The lowest BCUT2D eigenvalue weighted by atomic mass is 10.2. The third-order valence-electron chi connectivity index (χ3n) is 2.92. The van der Waals surface area contributed by atoms with E-state index in [9.17, 15) is 53.1 Å². The zero-order valence-electron chi connectivity index (χ0n) is 12.7. The maximum Gasteiger partial charge on any atom is 0.462 e. The maximum absolute atomic E-state index is 13.9. The number of nitriles is 1. The largest absolute Gasteiger partial charge is 0.462 e. The normalized spacial score (nSPS) is 15.5. The van der Waals surface area contributed by atoms with Gasteiger partial charge in [0.05, 0.1) is 11.6 Å². The van der Waals surface area contributed by atoms with Gasteiger partial charge in [0, 0.05) is 5.69 Å². The minimum Gasteiger partial charge on any atom is -0.321 e. The lowest BCUT2D eigenvalue weighted by molar-refractivity contribution is -0.472. The van der Waals surface area contributed by atoms with E-state index in [1.165, 1.54) is 0 Å². The Morgan fingerprint density at radius 2 is 1.32 bits per heavy atom. The number of carbonyl (C=O) groups excluding carboxylic acids is 1. The van der Waals surface area contributed by atoms with Crippen LogP contribution in [0.1, 0.15) is 5.56 Å². The van der Waals surface area contributed by atoms with E-state index in [1.807, 2.05) is 0 Å². The molecule has 1 rings (SSSR count). The molecule has 1 N–H and O–H groups in total. The van der Waals surface area contributed by atoms with E-state index >= 15 is 0 Å². The van der Waals surface area contributed by atoms with Gasteiger partial charge in [0.1, 0.15) is 0 Å². The first-order valence-corrected chi connectivity index (χ1v) is 6.49. The molecule has 15 heteroatoms. The Hall–Kier alpha value is -2.63. The van der Waals surface area contributed by atoms with Gasteiger partial charge in [-0.3, -0.25) is 9.53 Å². The summed E-state index contributed by atoms with van der Waals surface area (Å²) in [6.45, 7) is 0. The molecule has 0 radical (unpaired) electrons. The van der Waals surface area contributed by atoms with Crippen LogP contribution in [0.3, 0.4) is 0 Å². The number of halogens is 11. The third kappa shape index (κ3) is 4.26. The van der Waals surface area contributed by atoms with Gasteiger partial charge in [0.2, 0.25) is 0 Å². The number of nitrogens with zero attached hydrogens (tertiary/aromatic N) is 1. The molecule has 0 bridgehead atoms. The van der Waals surface area contributed by atoms with Crippen molar-refractivity contribution in [2.45, 2.75) is 30.2 Å². The average Bonchev–Trinajstić information content (AvgIpc) is 2.52. The fraction of sp³-hybridized carbons (Fsp3) is 0.385. The van der Waals surface area contributed by atoms with E-state index in [2.05, 4.69) is 4.74 Å². The van der Waals surface area contributed by atoms with Gasteiger partial charge in [-0.25, -0.2) is 0 Å². The summed E-state index contributed by atoms with van der Waals surface area (Å²) in [6, 6.07) is 4.67. The molecule has 0 aliphatic carbocycles. The van der Waals surface area contributed by atoms with Crippen molar-refractivity contribution in [2.75, 3.05) is 5.32 Å². The van der Waals surface area contributed by atoms with Crippen molar-refractivity contribution in [3.8, 4) is 6.07 Å². The zero-order valence-corrected chi connectivity index (χ0v) is 12.7. The predicted molar refractivity (Wildman–Crippen MR) is 66.7 cm³/mol. The number of amides is 1. The molecule has 1 amide bonds. The second-order valence-electron chi connectivity index (χ2n) is 4.93. The number of ether oxygens (including phenoxy) is 1.